The van der Waals surface area contributed by atoms with Gasteiger partial charge >= 0.3 is 0 Å². The van der Waals surface area contributed by atoms with Crippen LogP contribution in [0.2, 0.25) is 0 Å². The van der Waals surface area contributed by atoms with Crippen LogP contribution in [-0.2, 0) is 4.79 Å². The van der Waals surface area contributed by atoms with Crippen molar-refractivity contribution in [2.75, 3.05) is 10.6 Å². The van der Waals surface area contributed by atoms with Gasteiger partial charge in [0.05, 0.1) is 17.4 Å². The standard InChI is InChI=1S/C19H20N2OS/c1-19(2)9-15-17(16(22)10-19)18(12-7-8-23-11-12)21-14-6-4-3-5-13(14)20-15/h3-8,11,18,20-21H,9-10H2,1-2H3/t18-/m0/s1. The number of allylic oxidation sites excluding steroid dienone is 1. The van der Waals surface area contributed by atoms with E-state index in [-0.39, 0.29) is 17.2 Å². The molecule has 4 rings (SSSR count). The summed E-state index contributed by atoms with van der Waals surface area (Å²) in [5.74, 6) is 0.250. The summed E-state index contributed by atoms with van der Waals surface area (Å²) in [7, 11) is 0. The van der Waals surface area contributed by atoms with Crippen molar-refractivity contribution in [3.05, 3.63) is 57.9 Å². The van der Waals surface area contributed by atoms with Gasteiger partial charge in [-0.2, -0.15) is 11.3 Å². The van der Waals surface area contributed by atoms with Crippen molar-refractivity contribution in [3.63, 3.8) is 0 Å². The van der Waals surface area contributed by atoms with Crippen LogP contribution in [0, 0.1) is 5.41 Å². The number of carbonyl (C=O) groups excluding carboxylic acids is 1. The van der Waals surface area contributed by atoms with E-state index in [1.165, 1.54) is 0 Å². The fraction of sp³-hybridized carbons (Fsp3) is 0.316. The van der Waals surface area contributed by atoms with Crippen LogP contribution in [0.15, 0.2) is 52.4 Å². The molecule has 118 valence electrons. The lowest BCUT2D eigenvalue weighted by atomic mass is 9.73. The third kappa shape index (κ3) is 2.57. The molecule has 23 heavy (non-hydrogen) atoms. The van der Waals surface area contributed by atoms with Gasteiger partial charge in [-0.1, -0.05) is 26.0 Å². The van der Waals surface area contributed by atoms with E-state index in [2.05, 4.69) is 53.4 Å². The van der Waals surface area contributed by atoms with Crippen molar-refractivity contribution < 1.29 is 4.79 Å². The lowest BCUT2D eigenvalue weighted by Gasteiger charge is -2.33. The highest BCUT2D eigenvalue weighted by molar-refractivity contribution is 7.08. The molecule has 2 N–H and O–H groups in total. The highest BCUT2D eigenvalue weighted by Gasteiger charge is 2.38. The second-order valence-electron chi connectivity index (χ2n) is 7.14. The van der Waals surface area contributed by atoms with Gasteiger partial charge in [-0.05, 0) is 46.4 Å². The topological polar surface area (TPSA) is 41.1 Å². The van der Waals surface area contributed by atoms with Crippen molar-refractivity contribution in [2.45, 2.75) is 32.7 Å². The number of hydrogen-bond acceptors (Lipinski definition) is 4. The zero-order valence-corrected chi connectivity index (χ0v) is 14.2. The first-order valence-electron chi connectivity index (χ1n) is 7.94. The first-order chi connectivity index (χ1) is 11.0. The van der Waals surface area contributed by atoms with Crippen LogP contribution in [0.5, 0.6) is 0 Å². The van der Waals surface area contributed by atoms with Gasteiger partial charge < -0.3 is 10.6 Å². The fourth-order valence-corrected chi connectivity index (χ4v) is 4.26. The molecule has 0 unspecified atom stereocenters. The first-order valence-corrected chi connectivity index (χ1v) is 8.89. The predicted molar refractivity (Wildman–Crippen MR) is 95.8 cm³/mol. The Morgan fingerprint density at radius 1 is 1.13 bits per heavy atom. The van der Waals surface area contributed by atoms with Gasteiger partial charge in [0, 0.05) is 17.7 Å². The minimum Gasteiger partial charge on any atom is -0.372 e. The molecule has 1 aliphatic heterocycles. The molecule has 0 radical (unpaired) electrons. The molecule has 1 aliphatic carbocycles. The second-order valence-corrected chi connectivity index (χ2v) is 7.92. The zero-order chi connectivity index (χ0) is 16.0. The highest BCUT2D eigenvalue weighted by Crippen LogP contribution is 2.45. The Bertz CT molecular complexity index is 789. The largest absolute Gasteiger partial charge is 0.372 e. The van der Waals surface area contributed by atoms with Gasteiger partial charge in [0.2, 0.25) is 0 Å². The molecule has 0 saturated carbocycles. The molecule has 0 saturated heterocycles. The number of hydrogen-bond donors (Lipinski definition) is 2. The van der Waals surface area contributed by atoms with Crippen molar-refractivity contribution in [2.24, 2.45) is 5.41 Å². The molecule has 0 spiro atoms. The fourth-order valence-electron chi connectivity index (χ4n) is 3.58. The van der Waals surface area contributed by atoms with Crippen molar-refractivity contribution in [1.82, 2.24) is 0 Å². The molecule has 1 aromatic carbocycles. The van der Waals surface area contributed by atoms with E-state index in [4.69, 9.17) is 0 Å². The molecule has 0 bridgehead atoms. The van der Waals surface area contributed by atoms with Gasteiger partial charge in [0.1, 0.15) is 0 Å². The maximum Gasteiger partial charge on any atom is 0.163 e. The van der Waals surface area contributed by atoms with Gasteiger partial charge in [-0.25, -0.2) is 0 Å². The number of thiophene rings is 1. The normalized spacial score (nSPS) is 22.5. The van der Waals surface area contributed by atoms with E-state index in [0.29, 0.717) is 6.42 Å². The Labute approximate surface area is 140 Å². The van der Waals surface area contributed by atoms with Gasteiger partial charge in [-0.3, -0.25) is 4.79 Å². The Morgan fingerprint density at radius 2 is 1.91 bits per heavy atom. The molecule has 2 aliphatic rings. The number of nitrogens with one attached hydrogen (secondary N) is 2. The maximum atomic E-state index is 12.9. The van der Waals surface area contributed by atoms with Crippen LogP contribution in [0.3, 0.4) is 0 Å². The van der Waals surface area contributed by atoms with E-state index in [1.807, 2.05) is 12.1 Å². The molecule has 4 heteroatoms. The highest BCUT2D eigenvalue weighted by atomic mass is 32.1. The number of para-hydroxylation sites is 2. The molecule has 2 heterocycles. The first kappa shape index (κ1) is 14.5. The summed E-state index contributed by atoms with van der Waals surface area (Å²) in [6.45, 7) is 4.33. The molecule has 0 fully saturated rings. The summed E-state index contributed by atoms with van der Waals surface area (Å²) < 4.78 is 0. The number of carbonyl (C=O) groups is 1. The Balaban J connectivity index is 1.88. The lowest BCUT2D eigenvalue weighted by molar-refractivity contribution is -0.118. The summed E-state index contributed by atoms with van der Waals surface area (Å²) >= 11 is 1.67. The minimum atomic E-state index is -0.0731. The molecular weight excluding hydrogens is 304 g/mol. The zero-order valence-electron chi connectivity index (χ0n) is 13.3. The molecule has 1 atom stereocenters. The van der Waals surface area contributed by atoms with Crippen LogP contribution in [0.4, 0.5) is 11.4 Å². The summed E-state index contributed by atoms with van der Waals surface area (Å²) in [5.41, 5.74) is 5.22. The Hall–Kier alpha value is -2.07. The van der Waals surface area contributed by atoms with Crippen LogP contribution >= 0.6 is 11.3 Å². The van der Waals surface area contributed by atoms with E-state index in [1.54, 1.807) is 11.3 Å². The SMILES string of the molecule is CC1(C)CC(=O)C2=C(C1)Nc1ccccc1N[C@H]2c1ccsc1. The van der Waals surface area contributed by atoms with Crippen molar-refractivity contribution in [3.8, 4) is 0 Å². The number of anilines is 2. The third-order valence-electron chi connectivity index (χ3n) is 4.60. The van der Waals surface area contributed by atoms with Gasteiger partial charge in [0.15, 0.2) is 5.78 Å². The predicted octanol–water partition coefficient (Wildman–Crippen LogP) is 4.97. The summed E-state index contributed by atoms with van der Waals surface area (Å²) in [6.07, 6.45) is 1.50. The quantitative estimate of drug-likeness (QED) is 0.778. The van der Waals surface area contributed by atoms with E-state index in [9.17, 15) is 4.79 Å². The number of rotatable bonds is 1. The molecular formula is C19H20N2OS. The third-order valence-corrected chi connectivity index (χ3v) is 5.30. The minimum absolute atomic E-state index is 0.00139. The van der Waals surface area contributed by atoms with Crippen LogP contribution in [-0.4, -0.2) is 5.78 Å². The van der Waals surface area contributed by atoms with Crippen molar-refractivity contribution in [1.29, 1.82) is 0 Å². The molecule has 3 nitrogen and oxygen atoms in total. The van der Waals surface area contributed by atoms with Crippen LogP contribution in [0.25, 0.3) is 0 Å². The smallest absolute Gasteiger partial charge is 0.163 e. The Kier molecular flexibility index (Phi) is 3.31. The lowest BCUT2D eigenvalue weighted by Crippen LogP contribution is -2.31. The number of benzene rings is 1. The van der Waals surface area contributed by atoms with E-state index < -0.39 is 0 Å². The summed E-state index contributed by atoms with van der Waals surface area (Å²) in [4.78, 5) is 12.9. The molecule has 2 aromatic rings. The maximum absolute atomic E-state index is 12.9. The monoisotopic (exact) mass is 324 g/mol. The van der Waals surface area contributed by atoms with E-state index in [0.717, 1.165) is 34.6 Å². The summed E-state index contributed by atoms with van der Waals surface area (Å²) in [5, 5.41) is 11.3. The average Bonchev–Trinajstić information content (AvgIpc) is 2.95. The van der Waals surface area contributed by atoms with Gasteiger partial charge in [0.25, 0.3) is 0 Å². The van der Waals surface area contributed by atoms with E-state index >= 15 is 0 Å². The molecule has 1 aromatic heterocycles. The van der Waals surface area contributed by atoms with Crippen LogP contribution < -0.4 is 10.6 Å². The molecule has 0 amide bonds. The van der Waals surface area contributed by atoms with Gasteiger partial charge in [-0.15, -0.1) is 0 Å². The second kappa shape index (κ2) is 5.24. The number of ketones is 1. The van der Waals surface area contributed by atoms with Crippen LogP contribution in [0.1, 0.15) is 38.3 Å². The average molecular weight is 324 g/mol. The summed E-state index contributed by atoms with van der Waals surface area (Å²) in [6, 6.07) is 10.2. The number of Topliss-reactive ketones (excluding diaryl/α,β-unsaturated/α-hetero) is 1. The van der Waals surface area contributed by atoms with Crippen molar-refractivity contribution >= 4 is 28.5 Å². The Morgan fingerprint density at radius 3 is 2.65 bits per heavy atom. The number of fused-ring (bicyclic) bond motifs is 1.